The second-order valence-corrected chi connectivity index (χ2v) is 5.79. The number of benzene rings is 1. The SMILES string of the molecule is Cc1c(C)c(NC(=O)CO)c(C)c(NN(C)CC(O)CO)c1C. The van der Waals surface area contributed by atoms with Crippen LogP contribution in [0, 0.1) is 27.7 Å². The molecule has 0 aliphatic rings. The quantitative estimate of drug-likeness (QED) is 0.467. The summed E-state index contributed by atoms with van der Waals surface area (Å²) in [6, 6.07) is 0. The molecule has 0 aliphatic carbocycles. The third kappa shape index (κ3) is 4.65. The molecule has 1 unspecified atom stereocenters. The lowest BCUT2D eigenvalue weighted by atomic mass is 9.96. The number of likely N-dealkylation sites (N-methyl/N-ethyl adjacent to an activating group) is 1. The maximum Gasteiger partial charge on any atom is 0.250 e. The second-order valence-electron chi connectivity index (χ2n) is 5.79. The number of hydrogen-bond acceptors (Lipinski definition) is 6. The van der Waals surface area contributed by atoms with E-state index in [-0.39, 0.29) is 13.2 Å². The Morgan fingerprint density at radius 1 is 1.04 bits per heavy atom. The van der Waals surface area contributed by atoms with Gasteiger partial charge in [0.1, 0.15) is 6.61 Å². The summed E-state index contributed by atoms with van der Waals surface area (Å²) in [6.07, 6.45) is -0.840. The maximum absolute atomic E-state index is 11.5. The maximum atomic E-state index is 11.5. The second kappa shape index (κ2) is 8.26. The van der Waals surface area contributed by atoms with Crippen molar-refractivity contribution in [2.75, 3.05) is 37.5 Å². The highest BCUT2D eigenvalue weighted by Gasteiger charge is 2.18. The number of aliphatic hydroxyl groups is 3. The molecule has 130 valence electrons. The van der Waals surface area contributed by atoms with Gasteiger partial charge < -0.3 is 26.1 Å². The number of anilines is 2. The molecule has 5 N–H and O–H groups in total. The van der Waals surface area contributed by atoms with Gasteiger partial charge in [0.25, 0.3) is 0 Å². The van der Waals surface area contributed by atoms with Crippen LogP contribution in [0.1, 0.15) is 22.3 Å². The number of nitrogens with zero attached hydrogens (tertiary/aromatic N) is 1. The van der Waals surface area contributed by atoms with E-state index >= 15 is 0 Å². The van der Waals surface area contributed by atoms with Crippen LogP contribution in [0.5, 0.6) is 0 Å². The van der Waals surface area contributed by atoms with E-state index in [2.05, 4.69) is 10.7 Å². The number of carbonyl (C=O) groups excluding carboxylic acids is 1. The minimum absolute atomic E-state index is 0.251. The molecule has 1 aromatic rings. The van der Waals surface area contributed by atoms with E-state index in [9.17, 15) is 9.90 Å². The number of aliphatic hydroxyl groups excluding tert-OH is 3. The van der Waals surface area contributed by atoms with Gasteiger partial charge in [-0.1, -0.05) is 0 Å². The molecule has 0 bridgehead atoms. The number of rotatable bonds is 7. The predicted molar refractivity (Wildman–Crippen MR) is 90.5 cm³/mol. The zero-order chi connectivity index (χ0) is 17.7. The van der Waals surface area contributed by atoms with Crippen molar-refractivity contribution in [1.82, 2.24) is 5.01 Å². The summed E-state index contributed by atoms with van der Waals surface area (Å²) in [4.78, 5) is 11.5. The molecule has 23 heavy (non-hydrogen) atoms. The van der Waals surface area contributed by atoms with Crippen LogP contribution >= 0.6 is 0 Å². The molecule has 1 amide bonds. The van der Waals surface area contributed by atoms with Crippen LogP contribution in [-0.4, -0.2) is 59.1 Å². The van der Waals surface area contributed by atoms with Crippen molar-refractivity contribution in [3.63, 3.8) is 0 Å². The number of hydrazine groups is 1. The summed E-state index contributed by atoms with van der Waals surface area (Å²) in [5, 5.41) is 31.8. The van der Waals surface area contributed by atoms with Crippen LogP contribution in [-0.2, 0) is 4.79 Å². The first-order valence-electron chi connectivity index (χ1n) is 7.50. The van der Waals surface area contributed by atoms with Crippen molar-refractivity contribution < 1.29 is 20.1 Å². The third-order valence-electron chi connectivity index (χ3n) is 4.03. The smallest absolute Gasteiger partial charge is 0.250 e. The van der Waals surface area contributed by atoms with Gasteiger partial charge in [0.15, 0.2) is 0 Å². The lowest BCUT2D eigenvalue weighted by molar-refractivity contribution is -0.118. The molecule has 0 spiro atoms. The Bertz CT molecular complexity index is 575. The van der Waals surface area contributed by atoms with Gasteiger partial charge in [-0.25, -0.2) is 5.01 Å². The number of nitrogens with one attached hydrogen (secondary N) is 2. The average molecular weight is 325 g/mol. The molecule has 0 fully saturated rings. The van der Waals surface area contributed by atoms with E-state index in [1.54, 1.807) is 12.1 Å². The Morgan fingerprint density at radius 3 is 2.13 bits per heavy atom. The van der Waals surface area contributed by atoms with E-state index in [4.69, 9.17) is 10.2 Å². The molecule has 1 rings (SSSR count). The van der Waals surface area contributed by atoms with Gasteiger partial charge in [-0.05, 0) is 49.9 Å². The molecule has 7 nitrogen and oxygen atoms in total. The molecule has 0 saturated heterocycles. The monoisotopic (exact) mass is 325 g/mol. The molecule has 0 aliphatic heterocycles. The standard InChI is InChI=1S/C16H27N3O4/c1-9-10(2)15(17-14(23)8-21)12(4)16(11(9)3)18-19(5)6-13(22)7-20/h13,18,20-22H,6-8H2,1-5H3,(H,17,23). The van der Waals surface area contributed by atoms with Gasteiger partial charge in [0, 0.05) is 19.3 Å². The fraction of sp³-hybridized carbons (Fsp3) is 0.562. The van der Waals surface area contributed by atoms with Crippen LogP contribution in [0.15, 0.2) is 0 Å². The first kappa shape index (κ1) is 19.4. The van der Waals surface area contributed by atoms with Crippen molar-refractivity contribution in [1.29, 1.82) is 0 Å². The van der Waals surface area contributed by atoms with Crippen molar-refractivity contribution in [3.8, 4) is 0 Å². The van der Waals surface area contributed by atoms with Crippen LogP contribution in [0.3, 0.4) is 0 Å². The van der Waals surface area contributed by atoms with Crippen LogP contribution in [0.4, 0.5) is 11.4 Å². The highest BCUT2D eigenvalue weighted by Crippen LogP contribution is 2.34. The fourth-order valence-corrected chi connectivity index (χ4v) is 2.49. The normalized spacial score (nSPS) is 12.4. The fourth-order valence-electron chi connectivity index (χ4n) is 2.49. The van der Waals surface area contributed by atoms with E-state index < -0.39 is 18.6 Å². The molecular weight excluding hydrogens is 298 g/mol. The molecule has 0 saturated carbocycles. The van der Waals surface area contributed by atoms with Gasteiger partial charge in [-0.15, -0.1) is 0 Å². The summed E-state index contributed by atoms with van der Waals surface area (Å²) >= 11 is 0. The summed E-state index contributed by atoms with van der Waals surface area (Å²) < 4.78 is 0. The van der Waals surface area contributed by atoms with E-state index in [1.807, 2.05) is 27.7 Å². The molecule has 7 heteroatoms. The Balaban J connectivity index is 3.19. The molecule has 1 aromatic carbocycles. The summed E-state index contributed by atoms with van der Waals surface area (Å²) in [6.45, 7) is 7.11. The minimum Gasteiger partial charge on any atom is -0.394 e. The van der Waals surface area contributed by atoms with Crippen molar-refractivity contribution in [2.24, 2.45) is 0 Å². The van der Waals surface area contributed by atoms with Crippen LogP contribution in [0.2, 0.25) is 0 Å². The van der Waals surface area contributed by atoms with Gasteiger partial charge in [0.05, 0.1) is 18.4 Å². The topological polar surface area (TPSA) is 105 Å². The van der Waals surface area contributed by atoms with E-state index in [1.165, 1.54) is 0 Å². The van der Waals surface area contributed by atoms with E-state index in [0.717, 1.165) is 27.9 Å². The van der Waals surface area contributed by atoms with E-state index in [0.29, 0.717) is 5.69 Å². The Kier molecular flexibility index (Phi) is 6.96. The summed E-state index contributed by atoms with van der Waals surface area (Å²) in [5.41, 5.74) is 8.55. The Labute approximate surface area is 136 Å². The van der Waals surface area contributed by atoms with Gasteiger partial charge in [0.2, 0.25) is 5.91 Å². The molecule has 0 aromatic heterocycles. The highest BCUT2D eigenvalue weighted by molar-refractivity contribution is 5.94. The van der Waals surface area contributed by atoms with Gasteiger partial charge >= 0.3 is 0 Å². The summed E-state index contributed by atoms with van der Waals surface area (Å²) in [5.74, 6) is -0.463. The molecular formula is C16H27N3O4. The van der Waals surface area contributed by atoms with Gasteiger partial charge in [-0.3, -0.25) is 4.79 Å². The highest BCUT2D eigenvalue weighted by atomic mass is 16.3. The Hall–Kier alpha value is -1.67. The third-order valence-corrected chi connectivity index (χ3v) is 4.03. The molecule has 1 atom stereocenters. The molecule has 0 radical (unpaired) electrons. The predicted octanol–water partition coefficient (Wildman–Crippen LogP) is 0.463. The first-order chi connectivity index (χ1) is 10.7. The lowest BCUT2D eigenvalue weighted by Gasteiger charge is -2.27. The van der Waals surface area contributed by atoms with Gasteiger partial charge in [-0.2, -0.15) is 0 Å². The zero-order valence-corrected chi connectivity index (χ0v) is 14.4. The van der Waals surface area contributed by atoms with Crippen LogP contribution < -0.4 is 10.7 Å². The zero-order valence-electron chi connectivity index (χ0n) is 14.4. The van der Waals surface area contributed by atoms with Crippen molar-refractivity contribution in [2.45, 2.75) is 33.8 Å². The number of carbonyl (C=O) groups is 1. The molecule has 0 heterocycles. The summed E-state index contributed by atoms with van der Waals surface area (Å²) in [7, 11) is 1.76. The minimum atomic E-state index is -0.840. The number of hydrogen-bond donors (Lipinski definition) is 5. The Morgan fingerprint density at radius 2 is 1.61 bits per heavy atom. The first-order valence-corrected chi connectivity index (χ1v) is 7.50. The van der Waals surface area contributed by atoms with Crippen molar-refractivity contribution >= 4 is 17.3 Å². The largest absolute Gasteiger partial charge is 0.394 e. The van der Waals surface area contributed by atoms with Crippen molar-refractivity contribution in [3.05, 3.63) is 22.3 Å². The average Bonchev–Trinajstić information content (AvgIpc) is 2.53. The van der Waals surface area contributed by atoms with Crippen LogP contribution in [0.25, 0.3) is 0 Å². The lowest BCUT2D eigenvalue weighted by Crippen LogP contribution is -2.36. The number of amides is 1.